The van der Waals surface area contributed by atoms with E-state index in [4.69, 9.17) is 16.3 Å². The number of carbonyl (C=O) groups is 1. The number of hydrogen-bond donors (Lipinski definition) is 2. The molecule has 0 aliphatic carbocycles. The van der Waals surface area contributed by atoms with Gasteiger partial charge in [-0.1, -0.05) is 17.7 Å². The third kappa shape index (κ3) is 6.05. The van der Waals surface area contributed by atoms with Crippen molar-refractivity contribution in [2.45, 2.75) is 26.8 Å². The van der Waals surface area contributed by atoms with E-state index in [1.165, 1.54) is 0 Å². The second kappa shape index (κ2) is 8.15. The summed E-state index contributed by atoms with van der Waals surface area (Å²) in [5.74, 6) is -0.0892. The van der Waals surface area contributed by atoms with Gasteiger partial charge < -0.3 is 15.4 Å². The Balaban J connectivity index is 2.40. The van der Waals surface area contributed by atoms with Crippen LogP contribution in [0.4, 0.5) is 5.69 Å². The first-order valence-electron chi connectivity index (χ1n) is 6.40. The number of anilines is 1. The van der Waals surface area contributed by atoms with Crippen LogP contribution in [0.1, 0.15) is 19.4 Å². The third-order valence-corrected chi connectivity index (χ3v) is 2.89. The topological polar surface area (TPSA) is 50.4 Å². The molecule has 0 radical (unpaired) electrons. The Morgan fingerprint density at radius 2 is 2.21 bits per heavy atom. The summed E-state index contributed by atoms with van der Waals surface area (Å²) in [6.07, 6.45) is 0. The van der Waals surface area contributed by atoms with Crippen LogP contribution in [0.2, 0.25) is 5.02 Å². The van der Waals surface area contributed by atoms with Gasteiger partial charge in [-0.15, -0.1) is 0 Å². The molecule has 19 heavy (non-hydrogen) atoms. The minimum absolute atomic E-state index is 0.0892. The lowest BCUT2D eigenvalue weighted by atomic mass is 10.2. The smallest absolute Gasteiger partial charge is 0.238 e. The number of halogens is 1. The number of hydrogen-bond acceptors (Lipinski definition) is 3. The molecular weight excluding hydrogens is 264 g/mol. The number of ether oxygens (including phenoxy) is 1. The summed E-state index contributed by atoms with van der Waals surface area (Å²) in [5, 5.41) is 6.55. The number of amides is 1. The Morgan fingerprint density at radius 1 is 1.47 bits per heavy atom. The van der Waals surface area contributed by atoms with Gasteiger partial charge in [0.05, 0.1) is 13.2 Å². The van der Waals surface area contributed by atoms with Crippen molar-refractivity contribution in [1.82, 2.24) is 5.32 Å². The van der Waals surface area contributed by atoms with Gasteiger partial charge in [-0.05, 0) is 38.5 Å². The van der Waals surface area contributed by atoms with E-state index in [0.29, 0.717) is 18.2 Å². The molecule has 5 heteroatoms. The molecule has 4 nitrogen and oxygen atoms in total. The molecule has 0 saturated carbocycles. The minimum atomic E-state index is -0.0892. The van der Waals surface area contributed by atoms with Crippen LogP contribution < -0.4 is 10.6 Å². The average Bonchev–Trinajstić information content (AvgIpc) is 2.38. The standard InChI is InChI=1S/C14H21ClN2O2/c1-4-19-9-11(3)16-8-14(18)17-13-7-12(15)6-5-10(13)2/h5-7,11,16H,4,8-9H2,1-3H3,(H,17,18). The summed E-state index contributed by atoms with van der Waals surface area (Å²) < 4.78 is 5.27. The molecule has 0 spiro atoms. The Morgan fingerprint density at radius 3 is 2.89 bits per heavy atom. The van der Waals surface area contributed by atoms with Gasteiger partial charge in [0, 0.05) is 23.4 Å². The van der Waals surface area contributed by atoms with Crippen molar-refractivity contribution in [1.29, 1.82) is 0 Å². The first-order chi connectivity index (χ1) is 9.02. The number of aryl methyl sites for hydroxylation is 1. The molecular formula is C14H21ClN2O2. The van der Waals surface area contributed by atoms with Crippen molar-refractivity contribution in [3.05, 3.63) is 28.8 Å². The zero-order chi connectivity index (χ0) is 14.3. The number of rotatable bonds is 7. The predicted molar refractivity (Wildman–Crippen MR) is 78.8 cm³/mol. The van der Waals surface area contributed by atoms with E-state index >= 15 is 0 Å². The van der Waals surface area contributed by atoms with Gasteiger partial charge in [-0.2, -0.15) is 0 Å². The summed E-state index contributed by atoms with van der Waals surface area (Å²) >= 11 is 5.90. The molecule has 2 N–H and O–H groups in total. The largest absolute Gasteiger partial charge is 0.380 e. The van der Waals surface area contributed by atoms with Gasteiger partial charge in [0.2, 0.25) is 5.91 Å². The molecule has 1 rings (SSSR count). The lowest BCUT2D eigenvalue weighted by Crippen LogP contribution is -2.37. The van der Waals surface area contributed by atoms with Crippen LogP contribution in [0.25, 0.3) is 0 Å². The van der Waals surface area contributed by atoms with Crippen molar-refractivity contribution in [3.63, 3.8) is 0 Å². The first kappa shape index (κ1) is 16.0. The maximum absolute atomic E-state index is 11.8. The lowest BCUT2D eigenvalue weighted by Gasteiger charge is -2.14. The molecule has 1 atom stereocenters. The molecule has 0 aliphatic heterocycles. The molecule has 0 aliphatic rings. The highest BCUT2D eigenvalue weighted by atomic mass is 35.5. The molecule has 0 saturated heterocycles. The zero-order valence-electron chi connectivity index (χ0n) is 11.6. The lowest BCUT2D eigenvalue weighted by molar-refractivity contribution is -0.115. The van der Waals surface area contributed by atoms with E-state index in [2.05, 4.69) is 10.6 Å². The monoisotopic (exact) mass is 284 g/mol. The second-order valence-corrected chi connectivity index (χ2v) is 4.89. The van der Waals surface area contributed by atoms with Crippen LogP contribution in [0.5, 0.6) is 0 Å². The maximum atomic E-state index is 11.8. The van der Waals surface area contributed by atoms with E-state index in [9.17, 15) is 4.79 Å². The van der Waals surface area contributed by atoms with Crippen molar-refractivity contribution >= 4 is 23.2 Å². The van der Waals surface area contributed by atoms with Crippen LogP contribution in [0.15, 0.2) is 18.2 Å². The Bertz CT molecular complexity index is 424. The number of carbonyl (C=O) groups excluding carboxylic acids is 1. The summed E-state index contributed by atoms with van der Waals surface area (Å²) in [6, 6.07) is 5.57. The van der Waals surface area contributed by atoms with E-state index in [0.717, 1.165) is 11.3 Å². The molecule has 0 bridgehead atoms. The van der Waals surface area contributed by atoms with Crippen molar-refractivity contribution in [3.8, 4) is 0 Å². The van der Waals surface area contributed by atoms with E-state index in [-0.39, 0.29) is 18.5 Å². The number of nitrogens with one attached hydrogen (secondary N) is 2. The van der Waals surface area contributed by atoms with Gasteiger partial charge in [0.15, 0.2) is 0 Å². The normalized spacial score (nSPS) is 12.2. The van der Waals surface area contributed by atoms with Crippen LogP contribution in [0, 0.1) is 6.92 Å². The summed E-state index contributed by atoms with van der Waals surface area (Å²) in [7, 11) is 0. The molecule has 1 unspecified atom stereocenters. The Kier molecular flexibility index (Phi) is 6.84. The molecule has 0 heterocycles. The fraction of sp³-hybridized carbons (Fsp3) is 0.500. The van der Waals surface area contributed by atoms with Crippen LogP contribution in [0.3, 0.4) is 0 Å². The molecule has 1 aromatic carbocycles. The predicted octanol–water partition coefficient (Wildman–Crippen LogP) is 2.60. The van der Waals surface area contributed by atoms with Gasteiger partial charge in [-0.25, -0.2) is 0 Å². The summed E-state index contributed by atoms with van der Waals surface area (Å²) in [4.78, 5) is 11.8. The van der Waals surface area contributed by atoms with Crippen molar-refractivity contribution in [2.75, 3.05) is 25.1 Å². The Labute approximate surface area is 119 Å². The highest BCUT2D eigenvalue weighted by Gasteiger charge is 2.07. The van der Waals surface area contributed by atoms with Crippen molar-refractivity contribution in [2.24, 2.45) is 0 Å². The number of benzene rings is 1. The van der Waals surface area contributed by atoms with Gasteiger partial charge >= 0.3 is 0 Å². The fourth-order valence-corrected chi connectivity index (χ4v) is 1.72. The van der Waals surface area contributed by atoms with Crippen molar-refractivity contribution < 1.29 is 9.53 Å². The second-order valence-electron chi connectivity index (χ2n) is 4.45. The third-order valence-electron chi connectivity index (χ3n) is 2.66. The molecule has 1 aromatic rings. The molecule has 106 valence electrons. The first-order valence-corrected chi connectivity index (χ1v) is 6.77. The van der Waals surface area contributed by atoms with Crippen LogP contribution in [-0.2, 0) is 9.53 Å². The Hall–Kier alpha value is -1.10. The van der Waals surface area contributed by atoms with Crippen LogP contribution >= 0.6 is 11.6 Å². The van der Waals surface area contributed by atoms with Gasteiger partial charge in [-0.3, -0.25) is 4.79 Å². The molecule has 0 fully saturated rings. The fourth-order valence-electron chi connectivity index (χ4n) is 1.54. The summed E-state index contributed by atoms with van der Waals surface area (Å²) in [5.41, 5.74) is 1.73. The SMILES string of the molecule is CCOCC(C)NCC(=O)Nc1cc(Cl)ccc1C. The molecule has 1 amide bonds. The minimum Gasteiger partial charge on any atom is -0.380 e. The van der Waals surface area contributed by atoms with Crippen LogP contribution in [-0.4, -0.2) is 31.7 Å². The average molecular weight is 285 g/mol. The maximum Gasteiger partial charge on any atom is 0.238 e. The quantitative estimate of drug-likeness (QED) is 0.809. The van der Waals surface area contributed by atoms with E-state index in [1.807, 2.05) is 26.8 Å². The zero-order valence-corrected chi connectivity index (χ0v) is 12.4. The van der Waals surface area contributed by atoms with Gasteiger partial charge in [0.25, 0.3) is 0 Å². The van der Waals surface area contributed by atoms with E-state index in [1.54, 1.807) is 12.1 Å². The highest BCUT2D eigenvalue weighted by molar-refractivity contribution is 6.31. The molecule has 0 aromatic heterocycles. The van der Waals surface area contributed by atoms with Gasteiger partial charge in [0.1, 0.15) is 0 Å². The highest BCUT2D eigenvalue weighted by Crippen LogP contribution is 2.19. The van der Waals surface area contributed by atoms with E-state index < -0.39 is 0 Å². The summed E-state index contributed by atoms with van der Waals surface area (Å²) in [6.45, 7) is 7.38.